The molecule has 35 heavy (non-hydrogen) atoms. The average molecular weight is 476 g/mol. The maximum Gasteiger partial charge on any atom is 0.274 e. The Morgan fingerprint density at radius 1 is 1.00 bits per heavy atom. The van der Waals surface area contributed by atoms with Crippen molar-refractivity contribution in [1.82, 2.24) is 25.6 Å². The van der Waals surface area contributed by atoms with Crippen molar-refractivity contribution in [2.24, 2.45) is 5.92 Å². The highest BCUT2D eigenvalue weighted by Gasteiger charge is 2.26. The van der Waals surface area contributed by atoms with Gasteiger partial charge in [0.05, 0.1) is 5.56 Å². The molecule has 9 nitrogen and oxygen atoms in total. The Kier molecular flexibility index (Phi) is 7.54. The van der Waals surface area contributed by atoms with Crippen molar-refractivity contribution in [3.63, 3.8) is 0 Å². The van der Waals surface area contributed by atoms with Crippen LogP contribution in [-0.2, 0) is 6.54 Å². The smallest absolute Gasteiger partial charge is 0.274 e. The first-order valence-corrected chi connectivity index (χ1v) is 11.8. The quantitative estimate of drug-likeness (QED) is 0.410. The molecule has 3 aromatic rings. The number of carbonyl (C=O) groups is 2. The van der Waals surface area contributed by atoms with E-state index in [1.165, 1.54) is 18.7 Å². The first-order valence-electron chi connectivity index (χ1n) is 11.8. The first-order chi connectivity index (χ1) is 16.9. The van der Waals surface area contributed by atoms with Crippen LogP contribution in [0.2, 0.25) is 0 Å². The number of amides is 2. The number of pyridine rings is 1. The summed E-state index contributed by atoms with van der Waals surface area (Å²) in [7, 11) is 0. The lowest BCUT2D eigenvalue weighted by Crippen LogP contribution is -2.39. The van der Waals surface area contributed by atoms with E-state index < -0.39 is 17.5 Å². The van der Waals surface area contributed by atoms with Crippen LogP contribution in [0.1, 0.15) is 65.4 Å². The normalized spacial score (nSPS) is 14.8. The highest BCUT2D eigenvalue weighted by molar-refractivity contribution is 5.96. The van der Waals surface area contributed by atoms with Gasteiger partial charge in [-0.25, -0.2) is 4.98 Å². The molecular weight excluding hydrogens is 446 g/mol. The Morgan fingerprint density at radius 3 is 2.43 bits per heavy atom. The predicted molar refractivity (Wildman–Crippen MR) is 130 cm³/mol. The maximum absolute atomic E-state index is 12.8. The molecule has 1 fully saturated rings. The van der Waals surface area contributed by atoms with E-state index in [0.717, 1.165) is 31.2 Å². The van der Waals surface area contributed by atoms with E-state index >= 15 is 0 Å². The standard InChI is InChI=1S/C26H29N5O4/c1-16(18-10-6-3-7-11-18)29-25(34)21-22(32)26(35)31-23(30-21)20-13-12-19(15-27-20)24(33)28-14-17-8-4-2-5-9-17/h2,4-5,8-9,12-13,15-16,18,32H,3,6-7,10-11,14H2,1H3,(H,28,33)(H,29,34)(H,30,31,35)/t16-/m1/s1. The molecule has 2 amide bonds. The predicted octanol–water partition coefficient (Wildman–Crippen LogP) is 3.58. The molecule has 4 rings (SSSR count). The van der Waals surface area contributed by atoms with Gasteiger partial charge in [-0.3, -0.25) is 14.6 Å². The molecule has 0 bridgehead atoms. The fraction of sp³-hybridized carbons (Fsp3) is 0.346. The number of nitrogens with zero attached hydrogens (tertiary/aromatic N) is 3. The van der Waals surface area contributed by atoms with E-state index in [9.17, 15) is 19.8 Å². The number of hydrogen-bond acceptors (Lipinski definition) is 7. The third-order valence-electron chi connectivity index (χ3n) is 6.35. The molecule has 1 saturated carbocycles. The van der Waals surface area contributed by atoms with Crippen LogP contribution >= 0.6 is 0 Å². The molecular formula is C26H29N5O4. The molecule has 9 heteroatoms. The zero-order valence-corrected chi connectivity index (χ0v) is 19.6. The topological polar surface area (TPSA) is 137 Å². The zero-order valence-electron chi connectivity index (χ0n) is 19.6. The van der Waals surface area contributed by atoms with Crippen LogP contribution in [0.25, 0.3) is 11.5 Å². The number of hydrogen-bond donors (Lipinski definition) is 4. The van der Waals surface area contributed by atoms with Gasteiger partial charge in [-0.15, -0.1) is 0 Å². The van der Waals surface area contributed by atoms with Gasteiger partial charge in [-0.05, 0) is 43.4 Å². The minimum atomic E-state index is -0.711. The second kappa shape index (κ2) is 10.9. The Morgan fingerprint density at radius 2 is 1.74 bits per heavy atom. The van der Waals surface area contributed by atoms with Gasteiger partial charge < -0.3 is 20.8 Å². The molecule has 1 atom stereocenters. The van der Waals surface area contributed by atoms with E-state index in [2.05, 4.69) is 25.6 Å². The van der Waals surface area contributed by atoms with E-state index in [4.69, 9.17) is 0 Å². The van der Waals surface area contributed by atoms with E-state index in [0.29, 0.717) is 18.0 Å². The summed E-state index contributed by atoms with van der Waals surface area (Å²) >= 11 is 0. The van der Waals surface area contributed by atoms with E-state index in [-0.39, 0.29) is 29.2 Å². The fourth-order valence-corrected chi connectivity index (χ4v) is 4.28. The monoisotopic (exact) mass is 475 g/mol. The summed E-state index contributed by atoms with van der Waals surface area (Å²) in [6.07, 6.45) is 6.95. The van der Waals surface area contributed by atoms with Crippen molar-refractivity contribution >= 4 is 11.8 Å². The van der Waals surface area contributed by atoms with E-state index in [1.807, 2.05) is 37.3 Å². The summed E-state index contributed by atoms with van der Waals surface area (Å²) in [5, 5.41) is 26.1. The number of rotatable bonds is 7. The molecule has 182 valence electrons. The molecule has 4 N–H and O–H groups in total. The summed E-state index contributed by atoms with van der Waals surface area (Å²) in [6, 6.07) is 12.5. The number of nitrogens with one attached hydrogen (secondary N) is 2. The summed E-state index contributed by atoms with van der Waals surface area (Å²) in [4.78, 5) is 37.5. The number of benzene rings is 1. The summed E-state index contributed by atoms with van der Waals surface area (Å²) < 4.78 is 0. The van der Waals surface area contributed by atoms with E-state index in [1.54, 1.807) is 6.07 Å². The largest absolute Gasteiger partial charge is 0.501 e. The van der Waals surface area contributed by atoms with Crippen molar-refractivity contribution in [3.05, 3.63) is 65.5 Å². The molecule has 0 unspecified atom stereocenters. The Labute approximate surface area is 203 Å². The highest BCUT2D eigenvalue weighted by atomic mass is 16.3. The number of aromatic nitrogens is 3. The molecule has 1 aliphatic carbocycles. The summed E-state index contributed by atoms with van der Waals surface area (Å²) in [5.41, 5.74) is 1.24. The SMILES string of the molecule is C[C@@H](NC(=O)c1nc(-c2ccc(C(=O)NCc3ccccc3)cn2)nc(O)c1O)C1CCCCC1. The Hall–Kier alpha value is -4.01. The van der Waals surface area contributed by atoms with Crippen LogP contribution in [0, 0.1) is 5.92 Å². The van der Waals surface area contributed by atoms with Crippen molar-refractivity contribution in [3.8, 4) is 23.1 Å². The van der Waals surface area contributed by atoms with Crippen LogP contribution in [0.15, 0.2) is 48.7 Å². The molecule has 0 aliphatic heterocycles. The molecule has 0 radical (unpaired) electrons. The van der Waals surface area contributed by atoms with Gasteiger partial charge in [0.15, 0.2) is 11.5 Å². The third kappa shape index (κ3) is 5.92. The molecule has 0 spiro atoms. The molecule has 1 aliphatic rings. The van der Waals surface area contributed by atoms with Gasteiger partial charge in [0.2, 0.25) is 5.75 Å². The van der Waals surface area contributed by atoms with Crippen molar-refractivity contribution < 1.29 is 19.8 Å². The fourth-order valence-electron chi connectivity index (χ4n) is 4.28. The second-order valence-corrected chi connectivity index (χ2v) is 8.83. The lowest BCUT2D eigenvalue weighted by molar-refractivity contribution is 0.0908. The van der Waals surface area contributed by atoms with Crippen molar-refractivity contribution in [2.45, 2.75) is 51.6 Å². The summed E-state index contributed by atoms with van der Waals surface area (Å²) in [5.74, 6) is -1.94. The Bertz CT molecular complexity index is 1180. The molecule has 0 saturated heterocycles. The van der Waals surface area contributed by atoms with Crippen LogP contribution in [0.5, 0.6) is 11.6 Å². The number of aromatic hydroxyl groups is 2. The highest BCUT2D eigenvalue weighted by Crippen LogP contribution is 2.30. The van der Waals surface area contributed by atoms with Gasteiger partial charge >= 0.3 is 0 Å². The van der Waals surface area contributed by atoms with Gasteiger partial charge in [0, 0.05) is 18.8 Å². The van der Waals surface area contributed by atoms with Crippen LogP contribution in [0.4, 0.5) is 0 Å². The van der Waals surface area contributed by atoms with Crippen LogP contribution in [0.3, 0.4) is 0 Å². The maximum atomic E-state index is 12.8. The minimum absolute atomic E-state index is 0.0352. The van der Waals surface area contributed by atoms with Gasteiger partial charge in [0.1, 0.15) is 5.69 Å². The third-order valence-corrected chi connectivity index (χ3v) is 6.35. The number of carbonyl (C=O) groups excluding carboxylic acids is 2. The van der Waals surface area contributed by atoms with Gasteiger partial charge in [0.25, 0.3) is 17.7 Å². The van der Waals surface area contributed by atoms with Gasteiger partial charge in [-0.2, -0.15) is 4.98 Å². The van der Waals surface area contributed by atoms with Crippen LogP contribution in [-0.4, -0.2) is 43.0 Å². The lowest BCUT2D eigenvalue weighted by atomic mass is 9.84. The average Bonchev–Trinajstić information content (AvgIpc) is 2.90. The first kappa shape index (κ1) is 24.1. The molecule has 1 aromatic carbocycles. The van der Waals surface area contributed by atoms with Gasteiger partial charge in [-0.1, -0.05) is 49.6 Å². The van der Waals surface area contributed by atoms with Crippen LogP contribution < -0.4 is 10.6 Å². The summed E-state index contributed by atoms with van der Waals surface area (Å²) in [6.45, 7) is 2.32. The lowest BCUT2D eigenvalue weighted by Gasteiger charge is -2.28. The molecule has 2 aromatic heterocycles. The van der Waals surface area contributed by atoms with Crippen molar-refractivity contribution in [1.29, 1.82) is 0 Å². The molecule has 2 heterocycles. The second-order valence-electron chi connectivity index (χ2n) is 8.83. The Balaban J connectivity index is 1.46. The zero-order chi connectivity index (χ0) is 24.8. The minimum Gasteiger partial charge on any atom is -0.501 e. The van der Waals surface area contributed by atoms with Crippen molar-refractivity contribution in [2.75, 3.05) is 0 Å².